The average molecular weight is 499 g/mol. The molecule has 0 bridgehead atoms. The molecule has 6 atom stereocenters. The van der Waals surface area contributed by atoms with E-state index in [1.807, 2.05) is 6.07 Å². The summed E-state index contributed by atoms with van der Waals surface area (Å²) in [6.07, 6.45) is 10.1. The van der Waals surface area contributed by atoms with E-state index in [0.29, 0.717) is 5.92 Å². The van der Waals surface area contributed by atoms with E-state index < -0.39 is 0 Å². The van der Waals surface area contributed by atoms with Crippen molar-refractivity contribution >= 4 is 17.5 Å². The summed E-state index contributed by atoms with van der Waals surface area (Å²) in [5, 5.41) is 0. The first-order valence-corrected chi connectivity index (χ1v) is 14.5. The molecule has 2 amide bonds. The normalized spacial score (nSPS) is 34.4. The van der Waals surface area contributed by atoms with Crippen molar-refractivity contribution in [1.29, 1.82) is 0 Å². The van der Waals surface area contributed by atoms with Crippen LogP contribution in [0, 0.1) is 23.7 Å². The van der Waals surface area contributed by atoms with Crippen LogP contribution in [0.15, 0.2) is 42.5 Å². The molecule has 37 heavy (non-hydrogen) atoms. The van der Waals surface area contributed by atoms with Crippen LogP contribution in [0.5, 0.6) is 0 Å². The van der Waals surface area contributed by atoms with Gasteiger partial charge in [-0.3, -0.25) is 14.5 Å². The lowest BCUT2D eigenvalue weighted by atomic mass is 9.54. The molecule has 4 aliphatic rings. The van der Waals surface area contributed by atoms with Crippen molar-refractivity contribution in [2.75, 3.05) is 12.8 Å². The van der Waals surface area contributed by atoms with Gasteiger partial charge < -0.3 is 5.73 Å². The van der Waals surface area contributed by atoms with Gasteiger partial charge in [-0.25, -0.2) is 0 Å². The van der Waals surface area contributed by atoms with Gasteiger partial charge >= 0.3 is 0 Å². The van der Waals surface area contributed by atoms with Gasteiger partial charge in [0.2, 0.25) is 11.8 Å². The number of nitrogens with two attached hydrogens (primary N) is 1. The molecule has 0 heterocycles. The smallest absolute Gasteiger partial charge is 0.232 e. The summed E-state index contributed by atoms with van der Waals surface area (Å²) in [6.45, 7) is 4.71. The lowest BCUT2D eigenvalue weighted by molar-refractivity contribution is -0.153. The van der Waals surface area contributed by atoms with Crippen LogP contribution in [-0.4, -0.2) is 23.8 Å². The number of carbonyl (C=O) groups is 2. The van der Waals surface area contributed by atoms with E-state index in [0.717, 1.165) is 69.9 Å². The van der Waals surface area contributed by atoms with Crippen molar-refractivity contribution in [3.8, 4) is 0 Å². The van der Waals surface area contributed by atoms with E-state index in [-0.39, 0.29) is 40.4 Å². The molecule has 0 aliphatic heterocycles. The van der Waals surface area contributed by atoms with Crippen LogP contribution in [0.2, 0.25) is 0 Å². The Balaban J connectivity index is 1.25. The minimum atomic E-state index is -0.0932. The van der Waals surface area contributed by atoms with E-state index >= 15 is 0 Å². The topological polar surface area (TPSA) is 63.4 Å². The van der Waals surface area contributed by atoms with Crippen molar-refractivity contribution in [1.82, 2.24) is 4.90 Å². The molecule has 4 nitrogen and oxygen atoms in total. The number of imide groups is 1. The monoisotopic (exact) mass is 498 g/mol. The van der Waals surface area contributed by atoms with Crippen LogP contribution in [0.1, 0.15) is 87.5 Å². The summed E-state index contributed by atoms with van der Waals surface area (Å²) in [5.41, 5.74) is 12.6. The van der Waals surface area contributed by atoms with E-state index in [1.165, 1.54) is 22.3 Å². The highest BCUT2D eigenvalue weighted by Gasteiger charge is 2.52. The number of anilines is 1. The molecule has 2 N–H and O–H groups in total. The third-order valence-electron chi connectivity index (χ3n) is 11.2. The summed E-state index contributed by atoms with van der Waals surface area (Å²) in [5.74, 6) is 0.522. The first kappa shape index (κ1) is 24.7. The third kappa shape index (κ3) is 3.77. The number of benzene rings is 2. The fourth-order valence-corrected chi connectivity index (χ4v) is 9.21. The Morgan fingerprint density at radius 2 is 1.32 bits per heavy atom. The van der Waals surface area contributed by atoms with Gasteiger partial charge in [0.15, 0.2) is 0 Å². The van der Waals surface area contributed by atoms with Crippen LogP contribution in [0.3, 0.4) is 0 Å². The molecule has 196 valence electrons. The van der Waals surface area contributed by atoms with Gasteiger partial charge in [-0.2, -0.15) is 0 Å². The molecule has 2 saturated carbocycles. The minimum Gasteiger partial charge on any atom is -0.399 e. The standard InChI is InChI=1S/C33H42N2O2/c1-32-18-6-9-24(27(32)16-13-21-8-4-5-11-26(21)32)30(36)35(3)31(37)25-10-7-19-33(2)28(25)17-14-22-12-15-23(34)20-29(22)33/h4-5,8,11-12,15,20,24-25,27-28H,6-7,9-10,13-14,16-19,34H2,1-3H3. The predicted octanol–water partition coefficient (Wildman–Crippen LogP) is 6.19. The quantitative estimate of drug-likeness (QED) is 0.396. The number of nitrogen functional groups attached to an aromatic ring is 1. The van der Waals surface area contributed by atoms with Crippen LogP contribution in [-0.2, 0) is 33.3 Å². The molecule has 0 radical (unpaired) electrons. The number of carbonyl (C=O) groups excluding carboxylic acids is 2. The zero-order valence-corrected chi connectivity index (χ0v) is 22.8. The molecule has 2 aromatic rings. The van der Waals surface area contributed by atoms with Crippen molar-refractivity contribution in [2.24, 2.45) is 23.7 Å². The Bertz CT molecular complexity index is 1240. The van der Waals surface area contributed by atoms with Gasteiger partial charge in [-0.15, -0.1) is 0 Å². The second kappa shape index (κ2) is 8.99. The van der Waals surface area contributed by atoms with Gasteiger partial charge in [-0.1, -0.05) is 57.0 Å². The first-order valence-electron chi connectivity index (χ1n) is 14.5. The Labute approximate surface area is 222 Å². The maximum Gasteiger partial charge on any atom is 0.232 e. The van der Waals surface area contributed by atoms with E-state index in [1.54, 1.807) is 11.9 Å². The maximum atomic E-state index is 14.1. The van der Waals surface area contributed by atoms with Crippen molar-refractivity contribution in [3.63, 3.8) is 0 Å². The third-order valence-corrected chi connectivity index (χ3v) is 11.2. The summed E-state index contributed by atoms with van der Waals surface area (Å²) in [4.78, 5) is 29.7. The zero-order valence-electron chi connectivity index (χ0n) is 22.8. The van der Waals surface area contributed by atoms with Gasteiger partial charge in [0.1, 0.15) is 0 Å². The van der Waals surface area contributed by atoms with Gasteiger partial charge in [0.05, 0.1) is 0 Å². The molecule has 6 rings (SSSR count). The van der Waals surface area contributed by atoms with Gasteiger partial charge in [0, 0.05) is 24.6 Å². The maximum absolute atomic E-state index is 14.1. The first-order chi connectivity index (χ1) is 17.7. The fourth-order valence-electron chi connectivity index (χ4n) is 9.21. The van der Waals surface area contributed by atoms with Crippen LogP contribution in [0.4, 0.5) is 5.69 Å². The lowest BCUT2D eigenvalue weighted by Gasteiger charge is -2.51. The Hall–Kier alpha value is -2.62. The Kier molecular flexibility index (Phi) is 6.00. The molecule has 4 aliphatic carbocycles. The molecule has 2 fully saturated rings. The molecule has 0 aromatic heterocycles. The minimum absolute atomic E-state index is 0.0216. The molecular weight excluding hydrogens is 456 g/mol. The number of nitrogens with zero attached hydrogens (tertiary/aromatic N) is 1. The van der Waals surface area contributed by atoms with E-state index in [4.69, 9.17) is 5.73 Å². The number of hydrogen-bond donors (Lipinski definition) is 1. The summed E-state index contributed by atoms with van der Waals surface area (Å²) in [6, 6.07) is 15.1. The Morgan fingerprint density at radius 3 is 1.95 bits per heavy atom. The van der Waals surface area contributed by atoms with E-state index in [9.17, 15) is 9.59 Å². The largest absolute Gasteiger partial charge is 0.399 e. The second-order valence-corrected chi connectivity index (χ2v) is 12.9. The number of hydrogen-bond acceptors (Lipinski definition) is 3. The molecule has 0 saturated heterocycles. The fraction of sp³-hybridized carbons (Fsp3) is 0.576. The SMILES string of the molecule is CN(C(=O)C1CCCC2(C)c3ccccc3CCC12)C(=O)C1CCCC2(C)c3cc(N)ccc3CCC12. The highest BCUT2D eigenvalue weighted by molar-refractivity contribution is 5.97. The van der Waals surface area contributed by atoms with Crippen LogP contribution >= 0.6 is 0 Å². The lowest BCUT2D eigenvalue weighted by Crippen LogP contribution is -2.53. The molecule has 2 aromatic carbocycles. The van der Waals surface area contributed by atoms with Crippen molar-refractivity contribution in [3.05, 3.63) is 64.7 Å². The van der Waals surface area contributed by atoms with E-state index in [2.05, 4.69) is 50.2 Å². The van der Waals surface area contributed by atoms with Gasteiger partial charge in [0.25, 0.3) is 0 Å². The number of amides is 2. The summed E-state index contributed by atoms with van der Waals surface area (Å²) >= 11 is 0. The zero-order chi connectivity index (χ0) is 25.9. The van der Waals surface area contributed by atoms with Crippen LogP contribution in [0.25, 0.3) is 0 Å². The molecule has 6 unspecified atom stereocenters. The van der Waals surface area contributed by atoms with Crippen molar-refractivity contribution < 1.29 is 9.59 Å². The van der Waals surface area contributed by atoms with Crippen LogP contribution < -0.4 is 5.73 Å². The van der Waals surface area contributed by atoms with Gasteiger partial charge in [-0.05, 0) is 108 Å². The second-order valence-electron chi connectivity index (χ2n) is 12.9. The summed E-state index contributed by atoms with van der Waals surface area (Å²) < 4.78 is 0. The molecule has 4 heteroatoms. The summed E-state index contributed by atoms with van der Waals surface area (Å²) in [7, 11) is 1.77. The van der Waals surface area contributed by atoms with Crippen molar-refractivity contribution in [2.45, 2.75) is 88.9 Å². The average Bonchev–Trinajstić information content (AvgIpc) is 2.91. The predicted molar refractivity (Wildman–Crippen MR) is 148 cm³/mol. The number of aryl methyl sites for hydroxylation is 2. The number of rotatable bonds is 2. The Morgan fingerprint density at radius 1 is 0.784 bits per heavy atom. The molecular formula is C33H42N2O2. The number of fused-ring (bicyclic) bond motifs is 6. The highest BCUT2D eigenvalue weighted by Crippen LogP contribution is 2.54. The molecule has 0 spiro atoms. The highest BCUT2D eigenvalue weighted by atomic mass is 16.2.